The molecule has 0 N–H and O–H groups in total. The lowest BCUT2D eigenvalue weighted by molar-refractivity contribution is -0.337. The van der Waals surface area contributed by atoms with Crippen LogP contribution >= 0.6 is 0 Å². The maximum absolute atomic E-state index is 8.71. The Bertz CT molecular complexity index is 363. The van der Waals surface area contributed by atoms with Crippen molar-refractivity contribution in [2.75, 3.05) is 13.2 Å². The summed E-state index contributed by atoms with van der Waals surface area (Å²) in [5.74, 6) is -0.701. The molecule has 0 amide bonds. The van der Waals surface area contributed by atoms with Crippen LogP contribution in [-0.4, -0.2) is 31.6 Å². The Kier molecular flexibility index (Phi) is 6.41. The second-order valence-electron chi connectivity index (χ2n) is 5.35. The average molecular weight is 294 g/mol. The van der Waals surface area contributed by atoms with Gasteiger partial charge in [-0.15, -0.1) is 0 Å². The van der Waals surface area contributed by atoms with Gasteiger partial charge < -0.3 is 18.9 Å². The third kappa shape index (κ3) is 4.94. The van der Waals surface area contributed by atoms with Crippen LogP contribution in [-0.2, 0) is 18.9 Å². The molecule has 2 saturated heterocycles. The molecule has 0 aliphatic carbocycles. The van der Waals surface area contributed by atoms with Crippen molar-refractivity contribution >= 4 is 0 Å². The Balaban J connectivity index is 2.01. The fraction of sp³-hybridized carbons (Fsp3) is 0.867. The summed E-state index contributed by atoms with van der Waals surface area (Å²) in [7, 11) is 0. The molecule has 2 unspecified atom stereocenters. The predicted molar refractivity (Wildman–Crippen MR) is 72.5 cm³/mol. The van der Waals surface area contributed by atoms with E-state index in [1.54, 1.807) is 0 Å². The molecule has 2 fully saturated rings. The van der Waals surface area contributed by atoms with E-state index in [0.29, 0.717) is 38.9 Å². The van der Waals surface area contributed by atoms with Crippen molar-refractivity contribution in [2.24, 2.45) is 0 Å². The number of nitriles is 2. The van der Waals surface area contributed by atoms with Crippen molar-refractivity contribution in [1.82, 2.24) is 0 Å². The lowest BCUT2D eigenvalue weighted by Crippen LogP contribution is -2.41. The van der Waals surface area contributed by atoms with Crippen LogP contribution in [0.4, 0.5) is 0 Å². The summed E-state index contributed by atoms with van der Waals surface area (Å²) in [6.07, 6.45) is 4.30. The van der Waals surface area contributed by atoms with Crippen LogP contribution in [0.15, 0.2) is 0 Å². The molecular formula is C15H22N2O4. The van der Waals surface area contributed by atoms with E-state index in [1.807, 2.05) is 0 Å². The van der Waals surface area contributed by atoms with Gasteiger partial charge in [0, 0.05) is 51.7 Å². The minimum Gasteiger partial charge on any atom is -0.352 e. The molecule has 116 valence electrons. The van der Waals surface area contributed by atoms with Gasteiger partial charge in [-0.2, -0.15) is 10.5 Å². The molecule has 0 bridgehead atoms. The monoisotopic (exact) mass is 294 g/mol. The largest absolute Gasteiger partial charge is 0.352 e. The first-order chi connectivity index (χ1) is 10.3. The maximum Gasteiger partial charge on any atom is 0.174 e. The molecule has 0 aromatic rings. The Morgan fingerprint density at radius 2 is 1.33 bits per heavy atom. The fourth-order valence-electron chi connectivity index (χ4n) is 2.70. The summed E-state index contributed by atoms with van der Waals surface area (Å²) in [6, 6.07) is 4.23. The van der Waals surface area contributed by atoms with E-state index in [1.165, 1.54) is 0 Å². The molecule has 6 heteroatoms. The fourth-order valence-corrected chi connectivity index (χ4v) is 2.70. The Morgan fingerprint density at radius 1 is 0.857 bits per heavy atom. The summed E-state index contributed by atoms with van der Waals surface area (Å²) < 4.78 is 23.4. The third-order valence-corrected chi connectivity index (χ3v) is 3.69. The number of nitrogens with zero attached hydrogens (tertiary/aromatic N) is 2. The van der Waals surface area contributed by atoms with Crippen molar-refractivity contribution in [1.29, 1.82) is 10.5 Å². The second kappa shape index (κ2) is 8.31. The SMILES string of the molecule is N#CCCC1OCCCC2(CCCOC(CCC#N)O2)O1. The van der Waals surface area contributed by atoms with Crippen LogP contribution in [0.2, 0.25) is 0 Å². The standard InChI is InChI=1S/C15H22N2O4/c16-9-1-5-13-18-11-3-7-15(20-13)8-4-12-19-14(21-15)6-2-10-17/h13-14H,1-8,11-12H2. The van der Waals surface area contributed by atoms with Gasteiger partial charge in [-0.05, 0) is 12.8 Å². The number of rotatable bonds is 4. The summed E-state index contributed by atoms with van der Waals surface area (Å²) in [5.41, 5.74) is 0. The molecule has 6 nitrogen and oxygen atoms in total. The molecule has 2 aliphatic rings. The summed E-state index contributed by atoms with van der Waals surface area (Å²) in [4.78, 5) is 0. The summed E-state index contributed by atoms with van der Waals surface area (Å²) >= 11 is 0. The molecule has 2 rings (SSSR count). The van der Waals surface area contributed by atoms with Crippen LogP contribution in [0.1, 0.15) is 51.4 Å². The Labute approximate surface area is 125 Å². The highest BCUT2D eigenvalue weighted by molar-refractivity contribution is 4.79. The molecular weight excluding hydrogens is 272 g/mol. The zero-order valence-corrected chi connectivity index (χ0v) is 12.3. The summed E-state index contributed by atoms with van der Waals surface area (Å²) in [6.45, 7) is 1.23. The molecule has 0 radical (unpaired) electrons. The third-order valence-electron chi connectivity index (χ3n) is 3.69. The number of hydrogen-bond donors (Lipinski definition) is 0. The van der Waals surface area contributed by atoms with Gasteiger partial charge in [0.05, 0.1) is 12.1 Å². The predicted octanol–water partition coefficient (Wildman–Crippen LogP) is 2.60. The van der Waals surface area contributed by atoms with E-state index in [-0.39, 0.29) is 0 Å². The maximum atomic E-state index is 8.71. The van der Waals surface area contributed by atoms with Crippen LogP contribution in [0.3, 0.4) is 0 Å². The van der Waals surface area contributed by atoms with Crippen molar-refractivity contribution in [3.05, 3.63) is 0 Å². The minimum atomic E-state index is -0.701. The smallest absolute Gasteiger partial charge is 0.174 e. The van der Waals surface area contributed by atoms with Gasteiger partial charge in [-0.1, -0.05) is 0 Å². The van der Waals surface area contributed by atoms with Crippen LogP contribution in [0.25, 0.3) is 0 Å². The molecule has 21 heavy (non-hydrogen) atoms. The topological polar surface area (TPSA) is 84.5 Å². The highest BCUT2D eigenvalue weighted by Gasteiger charge is 2.40. The summed E-state index contributed by atoms with van der Waals surface area (Å²) in [5, 5.41) is 17.4. The van der Waals surface area contributed by atoms with Crippen LogP contribution in [0, 0.1) is 22.7 Å². The van der Waals surface area contributed by atoms with Gasteiger partial charge in [0.25, 0.3) is 0 Å². The van der Waals surface area contributed by atoms with E-state index >= 15 is 0 Å². The molecule has 1 spiro atoms. The molecule has 0 aromatic heterocycles. The first kappa shape index (κ1) is 16.2. The minimum absolute atomic E-state index is 0.398. The van der Waals surface area contributed by atoms with Gasteiger partial charge in [-0.3, -0.25) is 0 Å². The zero-order chi connectivity index (χ0) is 15.0. The normalized spacial score (nSPS) is 33.6. The Morgan fingerprint density at radius 3 is 1.76 bits per heavy atom. The van der Waals surface area contributed by atoms with Crippen LogP contribution < -0.4 is 0 Å². The molecule has 0 saturated carbocycles. The van der Waals surface area contributed by atoms with Crippen molar-refractivity contribution in [2.45, 2.75) is 69.7 Å². The van der Waals surface area contributed by atoms with Crippen molar-refractivity contribution < 1.29 is 18.9 Å². The van der Waals surface area contributed by atoms with Gasteiger partial charge in [0.15, 0.2) is 18.4 Å². The highest BCUT2D eigenvalue weighted by Crippen LogP contribution is 2.35. The van der Waals surface area contributed by atoms with E-state index in [4.69, 9.17) is 29.5 Å². The first-order valence-corrected chi connectivity index (χ1v) is 7.61. The molecule has 2 aliphatic heterocycles. The van der Waals surface area contributed by atoms with Crippen molar-refractivity contribution in [3.63, 3.8) is 0 Å². The van der Waals surface area contributed by atoms with Gasteiger partial charge in [-0.25, -0.2) is 0 Å². The lowest BCUT2D eigenvalue weighted by Gasteiger charge is -2.35. The molecule has 2 heterocycles. The van der Waals surface area contributed by atoms with E-state index in [2.05, 4.69) is 12.1 Å². The van der Waals surface area contributed by atoms with E-state index < -0.39 is 18.4 Å². The first-order valence-electron chi connectivity index (χ1n) is 7.61. The second-order valence-corrected chi connectivity index (χ2v) is 5.35. The molecule has 2 atom stereocenters. The van der Waals surface area contributed by atoms with E-state index in [0.717, 1.165) is 25.7 Å². The van der Waals surface area contributed by atoms with E-state index in [9.17, 15) is 0 Å². The van der Waals surface area contributed by atoms with Crippen molar-refractivity contribution in [3.8, 4) is 12.1 Å². The Hall–Kier alpha value is -1.18. The van der Waals surface area contributed by atoms with Gasteiger partial charge in [0.2, 0.25) is 0 Å². The highest BCUT2D eigenvalue weighted by atomic mass is 16.8. The quantitative estimate of drug-likeness (QED) is 0.792. The van der Waals surface area contributed by atoms with Crippen LogP contribution in [0.5, 0.6) is 0 Å². The number of hydrogen-bond acceptors (Lipinski definition) is 6. The van der Waals surface area contributed by atoms with Gasteiger partial charge >= 0.3 is 0 Å². The molecule has 0 aromatic carbocycles. The zero-order valence-electron chi connectivity index (χ0n) is 12.3. The van der Waals surface area contributed by atoms with Gasteiger partial charge in [0.1, 0.15) is 0 Å². The lowest BCUT2D eigenvalue weighted by atomic mass is 10.0. The number of ether oxygens (including phenoxy) is 4. The average Bonchev–Trinajstić information content (AvgIpc) is 2.81.